The Bertz CT molecular complexity index is 944. The third-order valence-electron chi connectivity index (χ3n) is 3.22. The molecular weight excluding hydrogens is 278 g/mol. The minimum Gasteiger partial charge on any atom is -0.339 e. The number of aliphatic imine (C=N–C) groups is 1. The molecule has 0 amide bonds. The lowest BCUT2D eigenvalue weighted by molar-refractivity contribution is 0.965. The van der Waals surface area contributed by atoms with Gasteiger partial charge in [-0.3, -0.25) is 9.98 Å². The van der Waals surface area contributed by atoms with Gasteiger partial charge in [-0.05, 0) is 25.1 Å². The smallest absolute Gasteiger partial charge is 0.129 e. The summed E-state index contributed by atoms with van der Waals surface area (Å²) in [5.41, 5.74) is 3.63. The predicted octanol–water partition coefficient (Wildman–Crippen LogP) is 1.89. The Morgan fingerprint density at radius 3 is 3.14 bits per heavy atom. The van der Waals surface area contributed by atoms with Gasteiger partial charge in [0.05, 0.1) is 46.6 Å². The summed E-state index contributed by atoms with van der Waals surface area (Å²) in [5, 5.41) is 13.4. The molecule has 7 nitrogen and oxygen atoms in total. The second kappa shape index (κ2) is 5.61. The fraction of sp³-hybridized carbons (Fsp3) is 0.133. The molecule has 7 heteroatoms. The summed E-state index contributed by atoms with van der Waals surface area (Å²) in [6.07, 6.45) is 3.33. The molecule has 0 saturated carbocycles. The maximum absolute atomic E-state index is 9.03. The molecule has 108 valence electrons. The van der Waals surface area contributed by atoms with E-state index in [9.17, 15) is 0 Å². The Morgan fingerprint density at radius 2 is 2.36 bits per heavy atom. The van der Waals surface area contributed by atoms with E-state index in [0.29, 0.717) is 23.6 Å². The number of imidazole rings is 1. The molecule has 0 saturated heterocycles. The molecule has 0 spiro atoms. The Labute approximate surface area is 126 Å². The van der Waals surface area contributed by atoms with Crippen LogP contribution in [0.15, 0.2) is 34.5 Å². The zero-order valence-electron chi connectivity index (χ0n) is 11.9. The summed E-state index contributed by atoms with van der Waals surface area (Å²) in [4.78, 5) is 16.3. The van der Waals surface area contributed by atoms with Crippen molar-refractivity contribution in [2.75, 3.05) is 0 Å². The van der Waals surface area contributed by atoms with Gasteiger partial charge in [0.2, 0.25) is 0 Å². The summed E-state index contributed by atoms with van der Waals surface area (Å²) >= 11 is 0. The highest BCUT2D eigenvalue weighted by molar-refractivity contribution is 6.29. The quantitative estimate of drug-likeness (QED) is 0.435. The minimum atomic E-state index is 0.390. The number of rotatable bonds is 3. The number of nitrogens with two attached hydrogens (primary N) is 1. The van der Waals surface area contributed by atoms with Gasteiger partial charge in [-0.15, -0.1) is 0 Å². The highest BCUT2D eigenvalue weighted by Crippen LogP contribution is 2.22. The van der Waals surface area contributed by atoms with Gasteiger partial charge in [-0.1, -0.05) is 0 Å². The largest absolute Gasteiger partial charge is 0.339 e. The van der Waals surface area contributed by atoms with E-state index in [0.717, 1.165) is 21.9 Å². The number of aromatic nitrogens is 3. The van der Waals surface area contributed by atoms with E-state index in [1.807, 2.05) is 6.07 Å². The van der Waals surface area contributed by atoms with Crippen LogP contribution in [0.3, 0.4) is 0 Å². The van der Waals surface area contributed by atoms with Gasteiger partial charge in [0.15, 0.2) is 0 Å². The van der Waals surface area contributed by atoms with Crippen LogP contribution in [0, 0.1) is 11.3 Å². The number of benzene rings is 1. The molecule has 1 aromatic carbocycles. The molecule has 3 aromatic rings. The van der Waals surface area contributed by atoms with Crippen molar-refractivity contribution >= 4 is 33.9 Å². The molecule has 0 aliphatic heterocycles. The van der Waals surface area contributed by atoms with Crippen LogP contribution in [0.5, 0.6) is 0 Å². The molecule has 3 rings (SSSR count). The zero-order chi connectivity index (χ0) is 15.5. The fourth-order valence-corrected chi connectivity index (χ4v) is 2.15. The molecule has 0 aliphatic carbocycles. The topological polar surface area (TPSA) is 116 Å². The van der Waals surface area contributed by atoms with E-state index in [1.165, 1.54) is 0 Å². The number of hydrogen-bond acceptors (Lipinski definition) is 6. The number of hydrazone groups is 1. The highest BCUT2D eigenvalue weighted by atomic mass is 15.1. The molecular formula is C15H13N7. The summed E-state index contributed by atoms with van der Waals surface area (Å²) < 4.78 is 0. The van der Waals surface area contributed by atoms with Crippen molar-refractivity contribution < 1.29 is 0 Å². The van der Waals surface area contributed by atoms with Gasteiger partial charge in [-0.25, -0.2) is 4.98 Å². The molecule has 22 heavy (non-hydrogen) atoms. The van der Waals surface area contributed by atoms with Crippen molar-refractivity contribution in [1.82, 2.24) is 15.0 Å². The van der Waals surface area contributed by atoms with Crippen LogP contribution in [-0.4, -0.2) is 26.9 Å². The van der Waals surface area contributed by atoms with Crippen LogP contribution in [0.1, 0.15) is 18.3 Å². The van der Waals surface area contributed by atoms with E-state index in [4.69, 9.17) is 11.1 Å². The Kier molecular flexibility index (Phi) is 3.50. The second-order valence-corrected chi connectivity index (χ2v) is 4.79. The fourth-order valence-electron chi connectivity index (χ4n) is 2.15. The summed E-state index contributed by atoms with van der Waals surface area (Å²) in [6.45, 7) is 2.16. The van der Waals surface area contributed by atoms with E-state index in [-0.39, 0.29) is 0 Å². The van der Waals surface area contributed by atoms with Crippen LogP contribution < -0.4 is 5.84 Å². The van der Waals surface area contributed by atoms with Crippen LogP contribution >= 0.6 is 0 Å². The standard InChI is InChI=1S/C15H13N7/c1-9(22-17)6-18-8-14-20-13-7-19-12-3-2-10(5-16)4-11(12)15(13)21-14/h2-4,6-7H,8,17H2,1H3,(H,20,21). The number of nitriles is 1. The van der Waals surface area contributed by atoms with Gasteiger partial charge in [-0.2, -0.15) is 10.4 Å². The normalized spacial score (nSPS) is 12.3. The number of H-pyrrole nitrogens is 1. The van der Waals surface area contributed by atoms with Crippen molar-refractivity contribution in [3.8, 4) is 6.07 Å². The molecule has 0 radical (unpaired) electrons. The van der Waals surface area contributed by atoms with E-state index < -0.39 is 0 Å². The Hall–Kier alpha value is -3.27. The number of aromatic amines is 1. The molecule has 0 bridgehead atoms. The Morgan fingerprint density at radius 1 is 1.50 bits per heavy atom. The number of pyridine rings is 1. The first-order valence-corrected chi connectivity index (χ1v) is 6.63. The average Bonchev–Trinajstić information content (AvgIpc) is 2.97. The number of fused-ring (bicyclic) bond motifs is 3. The summed E-state index contributed by atoms with van der Waals surface area (Å²) in [6, 6.07) is 7.49. The van der Waals surface area contributed by atoms with E-state index in [1.54, 1.807) is 31.5 Å². The molecule has 2 heterocycles. The first-order chi connectivity index (χ1) is 10.7. The number of nitrogens with one attached hydrogen (secondary N) is 1. The SMILES string of the molecule is CC(C=NCc1nc2c(cnc3ccc(C#N)cc32)[nH]1)=NN. The lowest BCUT2D eigenvalue weighted by Crippen LogP contribution is -1.97. The summed E-state index contributed by atoms with van der Waals surface area (Å²) in [7, 11) is 0. The third kappa shape index (κ3) is 2.50. The van der Waals surface area contributed by atoms with Crippen LogP contribution in [0.4, 0.5) is 0 Å². The first kappa shape index (κ1) is 13.7. The number of nitrogens with zero attached hydrogens (tertiary/aromatic N) is 5. The average molecular weight is 291 g/mol. The maximum Gasteiger partial charge on any atom is 0.129 e. The molecule has 2 aromatic heterocycles. The second-order valence-electron chi connectivity index (χ2n) is 4.79. The molecule has 3 N–H and O–H groups in total. The monoisotopic (exact) mass is 291 g/mol. The van der Waals surface area contributed by atoms with Gasteiger partial charge < -0.3 is 10.8 Å². The van der Waals surface area contributed by atoms with Crippen molar-refractivity contribution in [3.63, 3.8) is 0 Å². The van der Waals surface area contributed by atoms with Gasteiger partial charge >= 0.3 is 0 Å². The zero-order valence-corrected chi connectivity index (χ0v) is 11.9. The molecule has 0 unspecified atom stereocenters. The molecule has 0 aliphatic rings. The van der Waals surface area contributed by atoms with Crippen molar-refractivity contribution in [3.05, 3.63) is 35.8 Å². The third-order valence-corrected chi connectivity index (χ3v) is 3.22. The van der Waals surface area contributed by atoms with Crippen LogP contribution in [-0.2, 0) is 6.54 Å². The maximum atomic E-state index is 9.03. The predicted molar refractivity (Wildman–Crippen MR) is 85.6 cm³/mol. The first-order valence-electron chi connectivity index (χ1n) is 6.63. The van der Waals surface area contributed by atoms with Crippen LogP contribution in [0.2, 0.25) is 0 Å². The lowest BCUT2D eigenvalue weighted by Gasteiger charge is -1.97. The van der Waals surface area contributed by atoms with Crippen LogP contribution in [0.25, 0.3) is 21.9 Å². The van der Waals surface area contributed by atoms with Gasteiger partial charge in [0.25, 0.3) is 0 Å². The Balaban J connectivity index is 2.04. The lowest BCUT2D eigenvalue weighted by atomic mass is 10.1. The van der Waals surface area contributed by atoms with Gasteiger partial charge in [0.1, 0.15) is 5.82 Å². The van der Waals surface area contributed by atoms with E-state index >= 15 is 0 Å². The highest BCUT2D eigenvalue weighted by Gasteiger charge is 2.08. The van der Waals surface area contributed by atoms with E-state index in [2.05, 4.69) is 31.1 Å². The molecule has 0 atom stereocenters. The van der Waals surface area contributed by atoms with Crippen molar-refractivity contribution in [1.29, 1.82) is 5.26 Å². The van der Waals surface area contributed by atoms with Gasteiger partial charge in [0, 0.05) is 11.6 Å². The molecule has 0 fully saturated rings. The minimum absolute atomic E-state index is 0.390. The van der Waals surface area contributed by atoms with Crippen molar-refractivity contribution in [2.45, 2.75) is 13.5 Å². The van der Waals surface area contributed by atoms with Crippen molar-refractivity contribution in [2.24, 2.45) is 15.9 Å². The summed E-state index contributed by atoms with van der Waals surface area (Å²) in [5.74, 6) is 5.86. The number of hydrogen-bond donors (Lipinski definition) is 2.